The lowest BCUT2D eigenvalue weighted by atomic mass is 9.89. The standard InChI is InChI=1S/C17H26N2O/c1-20-16-8-6-15(7-9-16)17(14-4-2-3-5-14)19-12-10-18-11-13-19/h6-9,14,17-18H,2-5,10-13H2,1H3/t17-/m1/s1. The highest BCUT2D eigenvalue weighted by molar-refractivity contribution is 5.29. The molecule has 0 radical (unpaired) electrons. The van der Waals surface area contributed by atoms with Crippen molar-refractivity contribution in [1.82, 2.24) is 10.2 Å². The molecule has 1 aliphatic carbocycles. The summed E-state index contributed by atoms with van der Waals surface area (Å²) < 4.78 is 5.30. The molecule has 0 bridgehead atoms. The van der Waals surface area contributed by atoms with Crippen molar-refractivity contribution in [3.63, 3.8) is 0 Å². The van der Waals surface area contributed by atoms with E-state index in [1.165, 1.54) is 44.3 Å². The zero-order chi connectivity index (χ0) is 13.8. The predicted octanol–water partition coefficient (Wildman–Crippen LogP) is 2.83. The maximum Gasteiger partial charge on any atom is 0.118 e. The van der Waals surface area contributed by atoms with Crippen LogP contribution in [0.15, 0.2) is 24.3 Å². The lowest BCUT2D eigenvalue weighted by Crippen LogP contribution is -2.46. The zero-order valence-corrected chi connectivity index (χ0v) is 12.5. The van der Waals surface area contributed by atoms with Crippen LogP contribution in [0.4, 0.5) is 0 Å². The quantitative estimate of drug-likeness (QED) is 0.913. The Hall–Kier alpha value is -1.06. The second kappa shape index (κ2) is 6.59. The van der Waals surface area contributed by atoms with E-state index < -0.39 is 0 Å². The summed E-state index contributed by atoms with van der Waals surface area (Å²) in [7, 11) is 1.74. The van der Waals surface area contributed by atoms with Gasteiger partial charge in [0.25, 0.3) is 0 Å². The van der Waals surface area contributed by atoms with Gasteiger partial charge in [-0.15, -0.1) is 0 Å². The number of hydrogen-bond donors (Lipinski definition) is 1. The summed E-state index contributed by atoms with van der Waals surface area (Å²) in [5.41, 5.74) is 1.47. The summed E-state index contributed by atoms with van der Waals surface area (Å²) in [4.78, 5) is 2.69. The number of nitrogens with zero attached hydrogens (tertiary/aromatic N) is 1. The van der Waals surface area contributed by atoms with E-state index in [0.717, 1.165) is 24.8 Å². The molecule has 1 N–H and O–H groups in total. The maximum atomic E-state index is 5.30. The van der Waals surface area contributed by atoms with Gasteiger partial charge in [0, 0.05) is 32.2 Å². The minimum atomic E-state index is 0.602. The molecule has 110 valence electrons. The minimum Gasteiger partial charge on any atom is -0.497 e. The Kier molecular flexibility index (Phi) is 4.58. The van der Waals surface area contributed by atoms with Crippen molar-refractivity contribution in [1.29, 1.82) is 0 Å². The Morgan fingerprint density at radius 1 is 1.10 bits per heavy atom. The molecule has 1 saturated heterocycles. The molecule has 1 atom stereocenters. The van der Waals surface area contributed by atoms with Crippen LogP contribution in [-0.4, -0.2) is 38.2 Å². The molecule has 0 unspecified atom stereocenters. The molecule has 1 aliphatic heterocycles. The summed E-state index contributed by atoms with van der Waals surface area (Å²) in [5.74, 6) is 1.79. The number of rotatable bonds is 4. The van der Waals surface area contributed by atoms with Gasteiger partial charge in [-0.1, -0.05) is 25.0 Å². The van der Waals surface area contributed by atoms with Crippen LogP contribution in [0.25, 0.3) is 0 Å². The lowest BCUT2D eigenvalue weighted by Gasteiger charge is -2.38. The van der Waals surface area contributed by atoms with Crippen LogP contribution in [0.1, 0.15) is 37.3 Å². The maximum absolute atomic E-state index is 5.30. The zero-order valence-electron chi connectivity index (χ0n) is 12.5. The van der Waals surface area contributed by atoms with E-state index in [2.05, 4.69) is 34.5 Å². The van der Waals surface area contributed by atoms with E-state index in [9.17, 15) is 0 Å². The van der Waals surface area contributed by atoms with Crippen molar-refractivity contribution in [2.24, 2.45) is 5.92 Å². The average molecular weight is 274 g/mol. The number of nitrogens with one attached hydrogen (secondary N) is 1. The molecule has 3 heteroatoms. The van der Waals surface area contributed by atoms with Crippen LogP contribution in [0.2, 0.25) is 0 Å². The largest absolute Gasteiger partial charge is 0.497 e. The number of methoxy groups -OCH3 is 1. The first-order chi connectivity index (χ1) is 9.88. The van der Waals surface area contributed by atoms with Crippen molar-refractivity contribution >= 4 is 0 Å². The Morgan fingerprint density at radius 3 is 2.35 bits per heavy atom. The Bertz CT molecular complexity index is 406. The Morgan fingerprint density at radius 2 is 1.75 bits per heavy atom. The second-order valence-electron chi connectivity index (χ2n) is 6.05. The molecule has 0 aromatic heterocycles. The first-order valence-electron chi connectivity index (χ1n) is 7.97. The van der Waals surface area contributed by atoms with Gasteiger partial charge in [0.05, 0.1) is 7.11 Å². The van der Waals surface area contributed by atoms with Crippen LogP contribution >= 0.6 is 0 Å². The van der Waals surface area contributed by atoms with Gasteiger partial charge in [0.2, 0.25) is 0 Å². The molecule has 1 aromatic carbocycles. The van der Waals surface area contributed by atoms with Crippen molar-refractivity contribution in [3.8, 4) is 5.75 Å². The summed E-state index contributed by atoms with van der Waals surface area (Å²) >= 11 is 0. The fraction of sp³-hybridized carbons (Fsp3) is 0.647. The highest BCUT2D eigenvalue weighted by Crippen LogP contribution is 2.39. The van der Waals surface area contributed by atoms with Crippen LogP contribution in [-0.2, 0) is 0 Å². The van der Waals surface area contributed by atoms with E-state index >= 15 is 0 Å². The predicted molar refractivity (Wildman–Crippen MR) is 82.1 cm³/mol. The van der Waals surface area contributed by atoms with Crippen molar-refractivity contribution in [2.75, 3.05) is 33.3 Å². The lowest BCUT2D eigenvalue weighted by molar-refractivity contribution is 0.125. The second-order valence-corrected chi connectivity index (χ2v) is 6.05. The van der Waals surface area contributed by atoms with Gasteiger partial charge >= 0.3 is 0 Å². The Balaban J connectivity index is 1.82. The molecule has 2 aliphatic rings. The fourth-order valence-electron chi connectivity index (χ4n) is 3.82. The van der Waals surface area contributed by atoms with Crippen LogP contribution < -0.4 is 10.1 Å². The number of hydrogen-bond acceptors (Lipinski definition) is 3. The molecule has 1 heterocycles. The first-order valence-corrected chi connectivity index (χ1v) is 7.97. The first kappa shape index (κ1) is 13.9. The number of benzene rings is 1. The molecular weight excluding hydrogens is 248 g/mol. The molecule has 1 aromatic rings. The third-order valence-corrected chi connectivity index (χ3v) is 4.85. The fourth-order valence-corrected chi connectivity index (χ4v) is 3.82. The smallest absolute Gasteiger partial charge is 0.118 e. The third kappa shape index (κ3) is 2.99. The molecule has 3 nitrogen and oxygen atoms in total. The summed E-state index contributed by atoms with van der Waals surface area (Å²) in [6, 6.07) is 9.36. The van der Waals surface area contributed by atoms with Gasteiger partial charge in [-0.2, -0.15) is 0 Å². The topological polar surface area (TPSA) is 24.5 Å². The summed E-state index contributed by atoms with van der Waals surface area (Å²) in [6.45, 7) is 4.60. The highest BCUT2D eigenvalue weighted by Gasteiger charge is 2.31. The van der Waals surface area contributed by atoms with E-state index in [4.69, 9.17) is 4.74 Å². The van der Waals surface area contributed by atoms with Gasteiger partial charge in [-0.05, 0) is 36.5 Å². The summed E-state index contributed by atoms with van der Waals surface area (Å²) in [5, 5.41) is 3.47. The van der Waals surface area contributed by atoms with E-state index in [1.54, 1.807) is 7.11 Å². The highest BCUT2D eigenvalue weighted by atomic mass is 16.5. The molecular formula is C17H26N2O. The van der Waals surface area contributed by atoms with Crippen molar-refractivity contribution in [3.05, 3.63) is 29.8 Å². The molecule has 20 heavy (non-hydrogen) atoms. The van der Waals surface area contributed by atoms with Gasteiger partial charge in [-0.3, -0.25) is 4.90 Å². The van der Waals surface area contributed by atoms with Crippen molar-refractivity contribution in [2.45, 2.75) is 31.7 Å². The van der Waals surface area contributed by atoms with E-state index in [1.807, 2.05) is 0 Å². The molecule has 3 rings (SSSR count). The van der Waals surface area contributed by atoms with Gasteiger partial charge < -0.3 is 10.1 Å². The molecule has 0 spiro atoms. The van der Waals surface area contributed by atoms with Crippen LogP contribution in [0.5, 0.6) is 5.75 Å². The van der Waals surface area contributed by atoms with Crippen LogP contribution in [0, 0.1) is 5.92 Å². The van der Waals surface area contributed by atoms with Gasteiger partial charge in [0.1, 0.15) is 5.75 Å². The third-order valence-electron chi connectivity index (χ3n) is 4.85. The average Bonchev–Trinajstić information content (AvgIpc) is 3.03. The van der Waals surface area contributed by atoms with Crippen molar-refractivity contribution < 1.29 is 4.74 Å². The number of piperazine rings is 1. The van der Waals surface area contributed by atoms with E-state index in [0.29, 0.717) is 6.04 Å². The molecule has 0 amide bonds. The molecule has 2 fully saturated rings. The Labute approximate surface area is 122 Å². The van der Waals surface area contributed by atoms with Gasteiger partial charge in [0.15, 0.2) is 0 Å². The monoisotopic (exact) mass is 274 g/mol. The van der Waals surface area contributed by atoms with Crippen LogP contribution in [0.3, 0.4) is 0 Å². The van der Waals surface area contributed by atoms with E-state index in [-0.39, 0.29) is 0 Å². The summed E-state index contributed by atoms with van der Waals surface area (Å²) in [6.07, 6.45) is 5.59. The number of ether oxygens (including phenoxy) is 1. The molecule has 1 saturated carbocycles. The minimum absolute atomic E-state index is 0.602. The SMILES string of the molecule is COc1ccc([C@@H](C2CCCC2)N2CCNCC2)cc1. The normalized spacial score (nSPS) is 22.9. The van der Waals surface area contributed by atoms with Gasteiger partial charge in [-0.25, -0.2) is 0 Å².